The molecular formula is C10H6ClN3S. The second-order valence-corrected chi connectivity index (χ2v) is 4.27. The molecule has 0 aromatic carbocycles. The molecule has 15 heavy (non-hydrogen) atoms. The van der Waals surface area contributed by atoms with Crippen LogP contribution in [0.2, 0.25) is 5.15 Å². The maximum Gasteiger partial charge on any atom is 0.179 e. The fourth-order valence-electron chi connectivity index (χ4n) is 1.41. The second kappa shape index (κ2) is 3.32. The van der Waals surface area contributed by atoms with E-state index in [1.165, 1.54) is 0 Å². The number of pyridine rings is 1. The Bertz CT molecular complexity index is 600. The second-order valence-electron chi connectivity index (χ2n) is 3.10. The molecular weight excluding hydrogens is 230 g/mol. The fraction of sp³-hybridized carbons (Fsp3) is 0. The van der Waals surface area contributed by atoms with E-state index in [1.807, 2.05) is 22.9 Å². The molecule has 0 aliphatic carbocycles. The number of aromatic amines is 1. The molecule has 5 heteroatoms. The van der Waals surface area contributed by atoms with Crippen LogP contribution in [0.3, 0.4) is 0 Å². The van der Waals surface area contributed by atoms with Crippen LogP contribution in [-0.2, 0) is 0 Å². The number of nitrogens with zero attached hydrogens (tertiary/aromatic N) is 2. The number of imidazole rings is 1. The van der Waals surface area contributed by atoms with Crippen molar-refractivity contribution in [3.05, 3.63) is 34.1 Å². The van der Waals surface area contributed by atoms with Gasteiger partial charge in [-0.25, -0.2) is 9.97 Å². The van der Waals surface area contributed by atoms with E-state index in [4.69, 9.17) is 11.6 Å². The smallest absolute Gasteiger partial charge is 0.179 e. The SMILES string of the molecule is Clc1ccc2[nH]c(-c3ccsc3)nc2n1. The quantitative estimate of drug-likeness (QED) is 0.658. The van der Waals surface area contributed by atoms with Crippen molar-refractivity contribution in [3.63, 3.8) is 0 Å². The number of hydrogen-bond acceptors (Lipinski definition) is 3. The predicted molar refractivity (Wildman–Crippen MR) is 62.2 cm³/mol. The maximum absolute atomic E-state index is 5.79. The number of H-pyrrole nitrogens is 1. The molecule has 0 amide bonds. The van der Waals surface area contributed by atoms with E-state index in [9.17, 15) is 0 Å². The topological polar surface area (TPSA) is 41.6 Å². The zero-order valence-electron chi connectivity index (χ0n) is 7.57. The molecule has 3 aromatic rings. The summed E-state index contributed by atoms with van der Waals surface area (Å²) < 4.78 is 0. The number of halogens is 1. The lowest BCUT2D eigenvalue weighted by Crippen LogP contribution is -1.76. The third kappa shape index (κ3) is 1.52. The average Bonchev–Trinajstić information content (AvgIpc) is 2.84. The minimum absolute atomic E-state index is 0.464. The summed E-state index contributed by atoms with van der Waals surface area (Å²) in [6.45, 7) is 0. The van der Waals surface area contributed by atoms with E-state index in [2.05, 4.69) is 15.0 Å². The van der Waals surface area contributed by atoms with Crippen molar-refractivity contribution in [2.45, 2.75) is 0 Å². The Labute approximate surface area is 94.8 Å². The molecule has 0 atom stereocenters. The van der Waals surface area contributed by atoms with Crippen LogP contribution in [0.25, 0.3) is 22.6 Å². The summed E-state index contributed by atoms with van der Waals surface area (Å²) >= 11 is 7.43. The molecule has 0 fully saturated rings. The van der Waals surface area contributed by atoms with Gasteiger partial charge in [0.15, 0.2) is 5.65 Å². The van der Waals surface area contributed by atoms with Crippen LogP contribution in [-0.4, -0.2) is 15.0 Å². The molecule has 0 radical (unpaired) electrons. The van der Waals surface area contributed by atoms with Crippen LogP contribution < -0.4 is 0 Å². The maximum atomic E-state index is 5.79. The van der Waals surface area contributed by atoms with Crippen molar-refractivity contribution in [2.75, 3.05) is 0 Å². The van der Waals surface area contributed by atoms with Gasteiger partial charge in [-0.15, -0.1) is 0 Å². The van der Waals surface area contributed by atoms with Gasteiger partial charge in [-0.3, -0.25) is 0 Å². The van der Waals surface area contributed by atoms with Crippen molar-refractivity contribution < 1.29 is 0 Å². The minimum Gasteiger partial charge on any atom is -0.337 e. The van der Waals surface area contributed by atoms with Crippen molar-refractivity contribution >= 4 is 34.1 Å². The first-order valence-corrected chi connectivity index (χ1v) is 5.70. The summed E-state index contributed by atoms with van der Waals surface area (Å²) in [6.07, 6.45) is 0. The number of rotatable bonds is 1. The van der Waals surface area contributed by atoms with Crippen LogP contribution >= 0.6 is 22.9 Å². The number of fused-ring (bicyclic) bond motifs is 1. The minimum atomic E-state index is 0.464. The number of thiophene rings is 1. The Hall–Kier alpha value is -1.39. The summed E-state index contributed by atoms with van der Waals surface area (Å²) in [7, 11) is 0. The third-order valence-corrected chi connectivity index (χ3v) is 3.00. The zero-order chi connectivity index (χ0) is 10.3. The summed E-state index contributed by atoms with van der Waals surface area (Å²) in [5, 5.41) is 4.52. The molecule has 0 saturated heterocycles. The predicted octanol–water partition coefficient (Wildman–Crippen LogP) is 3.34. The van der Waals surface area contributed by atoms with Gasteiger partial charge in [0.2, 0.25) is 0 Å². The Morgan fingerprint density at radius 2 is 2.13 bits per heavy atom. The van der Waals surface area contributed by atoms with Gasteiger partial charge in [0.1, 0.15) is 11.0 Å². The molecule has 0 bridgehead atoms. The van der Waals surface area contributed by atoms with Gasteiger partial charge in [0, 0.05) is 10.9 Å². The van der Waals surface area contributed by atoms with Gasteiger partial charge in [-0.1, -0.05) is 11.6 Å². The Morgan fingerprint density at radius 1 is 1.20 bits per heavy atom. The monoisotopic (exact) mass is 235 g/mol. The van der Waals surface area contributed by atoms with Crippen molar-refractivity contribution in [3.8, 4) is 11.4 Å². The molecule has 0 unspecified atom stereocenters. The molecule has 0 aliphatic heterocycles. The molecule has 3 nitrogen and oxygen atoms in total. The highest BCUT2D eigenvalue weighted by Gasteiger charge is 2.06. The molecule has 1 N–H and O–H groups in total. The van der Waals surface area contributed by atoms with Gasteiger partial charge in [0.05, 0.1) is 5.52 Å². The van der Waals surface area contributed by atoms with E-state index >= 15 is 0 Å². The first kappa shape index (κ1) is 8.88. The lowest BCUT2D eigenvalue weighted by atomic mass is 10.3. The summed E-state index contributed by atoms with van der Waals surface area (Å²) in [5.41, 5.74) is 2.64. The summed E-state index contributed by atoms with van der Waals surface area (Å²) in [4.78, 5) is 11.7. The van der Waals surface area contributed by atoms with Gasteiger partial charge in [-0.05, 0) is 23.6 Å². The van der Waals surface area contributed by atoms with E-state index in [-0.39, 0.29) is 0 Å². The highest BCUT2D eigenvalue weighted by molar-refractivity contribution is 7.08. The lowest BCUT2D eigenvalue weighted by Gasteiger charge is -1.86. The summed E-state index contributed by atoms with van der Waals surface area (Å²) in [5.74, 6) is 0.834. The Kier molecular flexibility index (Phi) is 1.97. The van der Waals surface area contributed by atoms with Gasteiger partial charge >= 0.3 is 0 Å². The van der Waals surface area contributed by atoms with Crippen LogP contribution in [0.1, 0.15) is 0 Å². The van der Waals surface area contributed by atoms with Crippen LogP contribution in [0.4, 0.5) is 0 Å². The Morgan fingerprint density at radius 3 is 2.93 bits per heavy atom. The first-order chi connectivity index (χ1) is 7.33. The molecule has 0 spiro atoms. The molecule has 0 saturated carbocycles. The van der Waals surface area contributed by atoms with Gasteiger partial charge < -0.3 is 4.98 Å². The van der Waals surface area contributed by atoms with E-state index in [0.29, 0.717) is 10.8 Å². The van der Waals surface area contributed by atoms with Crippen molar-refractivity contribution in [1.29, 1.82) is 0 Å². The number of hydrogen-bond donors (Lipinski definition) is 1. The number of nitrogens with one attached hydrogen (secondary N) is 1. The van der Waals surface area contributed by atoms with Crippen molar-refractivity contribution in [2.24, 2.45) is 0 Å². The highest BCUT2D eigenvalue weighted by Crippen LogP contribution is 2.22. The van der Waals surface area contributed by atoms with Gasteiger partial charge in [0.25, 0.3) is 0 Å². The average molecular weight is 236 g/mol. The molecule has 74 valence electrons. The highest BCUT2D eigenvalue weighted by atomic mass is 35.5. The molecule has 0 aliphatic rings. The fourth-order valence-corrected chi connectivity index (χ4v) is 2.19. The van der Waals surface area contributed by atoms with E-state index < -0.39 is 0 Å². The molecule has 3 heterocycles. The van der Waals surface area contributed by atoms with Crippen LogP contribution in [0, 0.1) is 0 Å². The van der Waals surface area contributed by atoms with Crippen molar-refractivity contribution in [1.82, 2.24) is 15.0 Å². The first-order valence-electron chi connectivity index (χ1n) is 4.38. The lowest BCUT2D eigenvalue weighted by molar-refractivity contribution is 1.31. The van der Waals surface area contributed by atoms with E-state index in [1.54, 1.807) is 17.4 Å². The Balaban J connectivity index is 2.22. The van der Waals surface area contributed by atoms with Crippen LogP contribution in [0.5, 0.6) is 0 Å². The molecule has 3 aromatic heterocycles. The van der Waals surface area contributed by atoms with Gasteiger partial charge in [-0.2, -0.15) is 11.3 Å². The number of aromatic nitrogens is 3. The normalized spacial score (nSPS) is 11.0. The third-order valence-electron chi connectivity index (χ3n) is 2.11. The summed E-state index contributed by atoms with van der Waals surface area (Å²) in [6, 6.07) is 5.65. The van der Waals surface area contributed by atoms with E-state index in [0.717, 1.165) is 16.9 Å². The largest absolute Gasteiger partial charge is 0.337 e. The van der Waals surface area contributed by atoms with Crippen LogP contribution in [0.15, 0.2) is 29.0 Å². The zero-order valence-corrected chi connectivity index (χ0v) is 9.14. The standard InChI is InChI=1S/C10H6ClN3S/c11-8-2-1-7-10(13-8)14-9(12-7)6-3-4-15-5-6/h1-5H,(H,12,13,14). The molecule has 3 rings (SSSR count).